The molecular weight excluding hydrogens is 442 g/mol. The first-order valence-electron chi connectivity index (χ1n) is 11.9. The van der Waals surface area contributed by atoms with E-state index in [1.807, 2.05) is 62.4 Å². The van der Waals surface area contributed by atoms with E-state index in [9.17, 15) is 4.79 Å². The van der Waals surface area contributed by atoms with Gasteiger partial charge in [0, 0.05) is 24.2 Å². The molecule has 3 aromatic rings. The zero-order chi connectivity index (χ0) is 24.4. The summed E-state index contributed by atoms with van der Waals surface area (Å²) in [5, 5.41) is 0. The largest absolute Gasteiger partial charge is 0.496 e. The van der Waals surface area contributed by atoms with E-state index in [-0.39, 0.29) is 5.78 Å². The van der Waals surface area contributed by atoms with Gasteiger partial charge in [-0.25, -0.2) is 0 Å². The number of benzene rings is 3. The molecule has 3 aromatic carbocycles. The van der Waals surface area contributed by atoms with Gasteiger partial charge < -0.3 is 18.9 Å². The number of carbonyl (C=O) groups is 1. The lowest BCUT2D eigenvalue weighted by Gasteiger charge is -2.30. The number of hydrogen-bond donors (Lipinski definition) is 0. The fourth-order valence-corrected chi connectivity index (χ4v) is 4.61. The minimum Gasteiger partial charge on any atom is -0.496 e. The molecule has 0 radical (unpaired) electrons. The number of carbonyl (C=O) groups excluding carboxylic acids is 1. The molecule has 35 heavy (non-hydrogen) atoms. The summed E-state index contributed by atoms with van der Waals surface area (Å²) in [4.78, 5) is 15.4. The molecule has 0 aliphatic carbocycles. The van der Waals surface area contributed by atoms with Gasteiger partial charge in [-0.2, -0.15) is 0 Å². The van der Waals surface area contributed by atoms with E-state index >= 15 is 0 Å². The van der Waals surface area contributed by atoms with Crippen molar-refractivity contribution in [2.75, 3.05) is 27.0 Å². The van der Waals surface area contributed by atoms with E-state index in [1.54, 1.807) is 13.2 Å². The van der Waals surface area contributed by atoms with E-state index in [0.717, 1.165) is 46.9 Å². The van der Waals surface area contributed by atoms with Crippen molar-refractivity contribution in [1.82, 2.24) is 4.90 Å². The number of rotatable bonds is 7. The third kappa shape index (κ3) is 4.62. The Bertz CT molecular complexity index is 1280. The van der Waals surface area contributed by atoms with Gasteiger partial charge in [0.2, 0.25) is 5.78 Å². The third-order valence-corrected chi connectivity index (χ3v) is 6.38. The van der Waals surface area contributed by atoms with E-state index < -0.39 is 0 Å². The van der Waals surface area contributed by atoms with Gasteiger partial charge in [-0.05, 0) is 61.7 Å². The number of ketones is 1. The van der Waals surface area contributed by atoms with Crippen LogP contribution in [0.5, 0.6) is 23.0 Å². The zero-order valence-electron chi connectivity index (χ0n) is 20.3. The summed E-state index contributed by atoms with van der Waals surface area (Å²) in [5.74, 6) is 3.32. The van der Waals surface area contributed by atoms with E-state index in [1.165, 1.54) is 5.56 Å². The molecule has 2 heterocycles. The molecule has 0 bridgehead atoms. The first-order valence-corrected chi connectivity index (χ1v) is 11.9. The molecule has 6 nitrogen and oxygen atoms in total. The molecular formula is C29H29NO5. The number of para-hydroxylation sites is 1. The summed E-state index contributed by atoms with van der Waals surface area (Å²) in [7, 11) is 1.69. The normalized spacial score (nSPS) is 15.9. The van der Waals surface area contributed by atoms with Crippen molar-refractivity contribution in [3.05, 3.63) is 88.2 Å². The molecule has 0 saturated heterocycles. The van der Waals surface area contributed by atoms with E-state index in [0.29, 0.717) is 37.0 Å². The SMILES string of the molecule is CCOc1ccc(/C=C2\Oc3c(cc4c(c3C)OCN(CCc3ccccc3OC)C4)C2=O)cc1. The second-order valence-electron chi connectivity index (χ2n) is 8.70. The number of nitrogens with zero attached hydrogens (tertiary/aromatic N) is 1. The molecule has 6 heteroatoms. The highest BCUT2D eigenvalue weighted by molar-refractivity contribution is 6.15. The van der Waals surface area contributed by atoms with Crippen LogP contribution < -0.4 is 18.9 Å². The van der Waals surface area contributed by atoms with Gasteiger partial charge in [-0.15, -0.1) is 0 Å². The lowest BCUT2D eigenvalue weighted by Crippen LogP contribution is -2.34. The summed E-state index contributed by atoms with van der Waals surface area (Å²) in [5.41, 5.74) is 4.51. The van der Waals surface area contributed by atoms with Gasteiger partial charge in [0.15, 0.2) is 5.76 Å². The van der Waals surface area contributed by atoms with Crippen molar-refractivity contribution in [2.24, 2.45) is 0 Å². The highest BCUT2D eigenvalue weighted by Gasteiger charge is 2.33. The Kier molecular flexibility index (Phi) is 6.47. The van der Waals surface area contributed by atoms with Crippen LogP contribution in [-0.4, -0.2) is 37.7 Å². The second kappa shape index (κ2) is 9.84. The average Bonchev–Trinajstić information content (AvgIpc) is 3.19. The van der Waals surface area contributed by atoms with Gasteiger partial charge in [-0.1, -0.05) is 30.3 Å². The van der Waals surface area contributed by atoms with Crippen molar-refractivity contribution in [1.29, 1.82) is 0 Å². The Morgan fingerprint density at radius 1 is 1.09 bits per heavy atom. The minimum absolute atomic E-state index is 0.106. The van der Waals surface area contributed by atoms with Crippen molar-refractivity contribution in [2.45, 2.75) is 26.8 Å². The van der Waals surface area contributed by atoms with Crippen LogP contribution in [-0.2, 0) is 13.0 Å². The standard InChI is InChI=1S/C29H29NO5/c1-4-33-23-11-9-20(10-12-23)15-26-27(31)24-16-22-17-30(18-34-28(22)19(2)29(24)35-26)14-13-21-7-5-6-8-25(21)32-3/h5-12,15-16H,4,13-14,17-18H2,1-3H3/b26-15-. The van der Waals surface area contributed by atoms with Crippen molar-refractivity contribution >= 4 is 11.9 Å². The molecule has 0 spiro atoms. The maximum absolute atomic E-state index is 13.2. The molecule has 0 unspecified atom stereocenters. The lowest BCUT2D eigenvalue weighted by atomic mass is 9.99. The molecule has 180 valence electrons. The lowest BCUT2D eigenvalue weighted by molar-refractivity contribution is 0.0952. The first kappa shape index (κ1) is 23.0. The number of fused-ring (bicyclic) bond motifs is 2. The van der Waals surface area contributed by atoms with Gasteiger partial charge >= 0.3 is 0 Å². The fraction of sp³-hybridized carbons (Fsp3) is 0.276. The topological polar surface area (TPSA) is 57.2 Å². The Hall–Kier alpha value is -3.77. The smallest absolute Gasteiger partial charge is 0.231 e. The Labute approximate surface area is 205 Å². The molecule has 0 saturated carbocycles. The van der Waals surface area contributed by atoms with Crippen molar-refractivity contribution in [3.8, 4) is 23.0 Å². The van der Waals surface area contributed by atoms with Crippen LogP contribution >= 0.6 is 0 Å². The maximum Gasteiger partial charge on any atom is 0.231 e. The summed E-state index contributed by atoms with van der Waals surface area (Å²) in [6.45, 7) is 6.54. The van der Waals surface area contributed by atoms with Crippen LogP contribution in [0.3, 0.4) is 0 Å². The molecule has 2 aliphatic heterocycles. The van der Waals surface area contributed by atoms with Crippen LogP contribution in [0.15, 0.2) is 60.4 Å². The van der Waals surface area contributed by atoms with Crippen molar-refractivity contribution < 1.29 is 23.7 Å². The van der Waals surface area contributed by atoms with Gasteiger partial charge in [0.05, 0.1) is 19.3 Å². The van der Waals surface area contributed by atoms with Crippen LogP contribution in [0, 0.1) is 6.92 Å². The highest BCUT2D eigenvalue weighted by atomic mass is 16.5. The van der Waals surface area contributed by atoms with Gasteiger partial charge in [0.1, 0.15) is 29.7 Å². The highest BCUT2D eigenvalue weighted by Crippen LogP contribution is 2.43. The summed E-state index contributed by atoms with van der Waals surface area (Å²) < 4.78 is 23.1. The summed E-state index contributed by atoms with van der Waals surface area (Å²) in [6, 6.07) is 17.6. The number of hydrogen-bond acceptors (Lipinski definition) is 6. The molecule has 0 amide bonds. The Balaban J connectivity index is 1.33. The maximum atomic E-state index is 13.2. The first-order chi connectivity index (χ1) is 17.1. The molecule has 0 fully saturated rings. The predicted molar refractivity (Wildman–Crippen MR) is 134 cm³/mol. The molecule has 5 rings (SSSR count). The number of ether oxygens (including phenoxy) is 4. The molecule has 0 N–H and O–H groups in total. The third-order valence-electron chi connectivity index (χ3n) is 6.38. The van der Waals surface area contributed by atoms with E-state index in [2.05, 4.69) is 11.0 Å². The zero-order valence-corrected chi connectivity index (χ0v) is 20.3. The van der Waals surface area contributed by atoms with Gasteiger partial charge in [0.25, 0.3) is 0 Å². The number of allylic oxidation sites excluding steroid dienone is 1. The van der Waals surface area contributed by atoms with E-state index in [4.69, 9.17) is 18.9 Å². The fourth-order valence-electron chi connectivity index (χ4n) is 4.61. The molecule has 2 aliphatic rings. The van der Waals surface area contributed by atoms with Crippen LogP contribution in [0.1, 0.15) is 39.5 Å². The quantitative estimate of drug-likeness (QED) is 0.429. The van der Waals surface area contributed by atoms with Gasteiger partial charge in [-0.3, -0.25) is 9.69 Å². The van der Waals surface area contributed by atoms with Crippen LogP contribution in [0.2, 0.25) is 0 Å². The minimum atomic E-state index is -0.106. The molecule has 0 aromatic heterocycles. The van der Waals surface area contributed by atoms with Crippen LogP contribution in [0.4, 0.5) is 0 Å². The van der Waals surface area contributed by atoms with Crippen LogP contribution in [0.25, 0.3) is 6.08 Å². The summed E-state index contributed by atoms with van der Waals surface area (Å²) >= 11 is 0. The summed E-state index contributed by atoms with van der Waals surface area (Å²) in [6.07, 6.45) is 2.63. The Morgan fingerprint density at radius 2 is 1.89 bits per heavy atom. The average molecular weight is 472 g/mol. The second-order valence-corrected chi connectivity index (χ2v) is 8.70. The Morgan fingerprint density at radius 3 is 2.66 bits per heavy atom. The molecule has 0 atom stereocenters. The predicted octanol–water partition coefficient (Wildman–Crippen LogP) is 5.41. The number of methoxy groups -OCH3 is 1. The number of Topliss-reactive ketones (excluding diaryl/α,β-unsaturated/α-hetero) is 1. The monoisotopic (exact) mass is 471 g/mol. The van der Waals surface area contributed by atoms with Crippen molar-refractivity contribution in [3.63, 3.8) is 0 Å².